The van der Waals surface area contributed by atoms with Crippen molar-refractivity contribution in [1.29, 1.82) is 0 Å². The normalized spacial score (nSPS) is 9.91. The monoisotopic (exact) mass is 169 g/mol. The number of hydrogen-bond donors (Lipinski definition) is 1. The highest BCUT2D eigenvalue weighted by Crippen LogP contribution is 1.95. The molecule has 11 heavy (non-hydrogen) atoms. The molecule has 4 heteroatoms. The van der Waals surface area contributed by atoms with Crippen molar-refractivity contribution in [2.45, 2.75) is 19.9 Å². The van der Waals surface area contributed by atoms with Gasteiger partial charge >= 0.3 is 0 Å². The van der Waals surface area contributed by atoms with Gasteiger partial charge in [0.15, 0.2) is 0 Å². The summed E-state index contributed by atoms with van der Waals surface area (Å²) in [5.74, 6) is 0. The van der Waals surface area contributed by atoms with Gasteiger partial charge in [-0.2, -0.15) is 5.10 Å². The molecular weight excluding hydrogens is 158 g/mol. The Hall–Kier alpha value is -0.900. The minimum absolute atomic E-state index is 0.540. The molecule has 0 aliphatic heterocycles. The SMILES string of the molecule is Cc1cnn(CCC(N)=S)c1. The first-order valence-electron chi connectivity index (χ1n) is 3.46. The van der Waals surface area contributed by atoms with Gasteiger partial charge in [-0.3, -0.25) is 4.68 Å². The van der Waals surface area contributed by atoms with Crippen molar-refractivity contribution in [3.63, 3.8) is 0 Å². The van der Waals surface area contributed by atoms with Crippen LogP contribution in [0.25, 0.3) is 0 Å². The van der Waals surface area contributed by atoms with Crippen molar-refractivity contribution in [2.24, 2.45) is 5.73 Å². The van der Waals surface area contributed by atoms with E-state index in [9.17, 15) is 0 Å². The van der Waals surface area contributed by atoms with E-state index < -0.39 is 0 Å². The molecular formula is C7H11N3S. The Labute approximate surface area is 71.2 Å². The van der Waals surface area contributed by atoms with E-state index in [1.807, 2.05) is 24.0 Å². The average molecular weight is 169 g/mol. The van der Waals surface area contributed by atoms with Crippen molar-refractivity contribution >= 4 is 17.2 Å². The number of hydrogen-bond acceptors (Lipinski definition) is 2. The fourth-order valence-corrected chi connectivity index (χ4v) is 0.905. The molecule has 1 heterocycles. The second-order valence-corrected chi connectivity index (χ2v) is 3.02. The first-order chi connectivity index (χ1) is 5.18. The highest BCUT2D eigenvalue weighted by Gasteiger charge is 1.94. The average Bonchev–Trinajstić information content (AvgIpc) is 2.31. The van der Waals surface area contributed by atoms with Crippen molar-refractivity contribution in [3.05, 3.63) is 18.0 Å². The first-order valence-corrected chi connectivity index (χ1v) is 3.86. The Morgan fingerprint density at radius 3 is 3.00 bits per heavy atom. The maximum absolute atomic E-state index is 5.34. The molecule has 60 valence electrons. The number of nitrogens with two attached hydrogens (primary N) is 1. The summed E-state index contributed by atoms with van der Waals surface area (Å²) in [4.78, 5) is 0.540. The third kappa shape index (κ3) is 2.67. The van der Waals surface area contributed by atoms with Gasteiger partial charge in [-0.15, -0.1) is 0 Å². The quantitative estimate of drug-likeness (QED) is 0.683. The summed E-state index contributed by atoms with van der Waals surface area (Å²) in [7, 11) is 0. The van der Waals surface area contributed by atoms with Crippen molar-refractivity contribution < 1.29 is 0 Å². The van der Waals surface area contributed by atoms with Crippen LogP contribution in [0.15, 0.2) is 12.4 Å². The topological polar surface area (TPSA) is 43.8 Å². The summed E-state index contributed by atoms with van der Waals surface area (Å²) >= 11 is 4.74. The number of aromatic nitrogens is 2. The lowest BCUT2D eigenvalue weighted by Gasteiger charge is -1.97. The zero-order valence-electron chi connectivity index (χ0n) is 6.45. The Kier molecular flexibility index (Phi) is 2.59. The van der Waals surface area contributed by atoms with E-state index >= 15 is 0 Å². The zero-order chi connectivity index (χ0) is 8.27. The summed E-state index contributed by atoms with van der Waals surface area (Å²) in [6.07, 6.45) is 4.51. The lowest BCUT2D eigenvalue weighted by Crippen LogP contribution is -2.11. The van der Waals surface area contributed by atoms with Crippen LogP contribution in [0, 0.1) is 6.92 Å². The zero-order valence-corrected chi connectivity index (χ0v) is 7.27. The molecule has 0 radical (unpaired) electrons. The lowest BCUT2D eigenvalue weighted by atomic mass is 10.4. The standard InChI is InChI=1S/C7H11N3S/c1-6-4-9-10(5-6)3-2-7(8)11/h4-5H,2-3H2,1H3,(H2,8,11). The van der Waals surface area contributed by atoms with Crippen LogP contribution in [-0.4, -0.2) is 14.8 Å². The Bertz CT molecular complexity index is 254. The molecule has 0 aliphatic rings. The predicted molar refractivity (Wildman–Crippen MR) is 48.4 cm³/mol. The maximum Gasteiger partial charge on any atom is 0.0745 e. The molecule has 1 rings (SSSR count). The van der Waals surface area contributed by atoms with Crippen molar-refractivity contribution in [2.75, 3.05) is 0 Å². The molecule has 0 bridgehead atoms. The first kappa shape index (κ1) is 8.20. The minimum Gasteiger partial charge on any atom is -0.393 e. The number of rotatable bonds is 3. The summed E-state index contributed by atoms with van der Waals surface area (Å²) < 4.78 is 1.84. The van der Waals surface area contributed by atoms with Gasteiger partial charge in [0.1, 0.15) is 0 Å². The van der Waals surface area contributed by atoms with E-state index in [0.717, 1.165) is 18.5 Å². The van der Waals surface area contributed by atoms with Gasteiger partial charge in [-0.05, 0) is 12.5 Å². The van der Waals surface area contributed by atoms with Crippen LogP contribution < -0.4 is 5.73 Å². The Morgan fingerprint density at radius 2 is 2.55 bits per heavy atom. The Balaban J connectivity index is 2.45. The molecule has 1 aromatic heterocycles. The van der Waals surface area contributed by atoms with Gasteiger partial charge in [0.2, 0.25) is 0 Å². The van der Waals surface area contributed by atoms with Crippen LogP contribution in [0.2, 0.25) is 0 Å². The molecule has 1 aromatic rings. The highest BCUT2D eigenvalue weighted by atomic mass is 32.1. The fourth-order valence-electron chi connectivity index (χ4n) is 0.814. The van der Waals surface area contributed by atoms with E-state index in [2.05, 4.69) is 5.10 Å². The molecule has 0 saturated carbocycles. The molecule has 0 amide bonds. The van der Waals surface area contributed by atoms with Gasteiger partial charge in [0.25, 0.3) is 0 Å². The predicted octanol–water partition coefficient (Wildman–Crippen LogP) is 0.868. The highest BCUT2D eigenvalue weighted by molar-refractivity contribution is 7.80. The van der Waals surface area contributed by atoms with Crippen LogP contribution in [0.5, 0.6) is 0 Å². The van der Waals surface area contributed by atoms with Gasteiger partial charge < -0.3 is 5.73 Å². The van der Waals surface area contributed by atoms with Crippen LogP contribution in [0.1, 0.15) is 12.0 Å². The summed E-state index contributed by atoms with van der Waals surface area (Å²) in [5.41, 5.74) is 6.50. The second kappa shape index (κ2) is 3.48. The number of thiocarbonyl (C=S) groups is 1. The number of nitrogens with zero attached hydrogens (tertiary/aromatic N) is 2. The van der Waals surface area contributed by atoms with Crippen LogP contribution in [0.3, 0.4) is 0 Å². The van der Waals surface area contributed by atoms with E-state index in [4.69, 9.17) is 18.0 Å². The molecule has 3 nitrogen and oxygen atoms in total. The van der Waals surface area contributed by atoms with Gasteiger partial charge in [-0.25, -0.2) is 0 Å². The van der Waals surface area contributed by atoms with E-state index in [0.29, 0.717) is 4.99 Å². The minimum atomic E-state index is 0.540. The largest absolute Gasteiger partial charge is 0.393 e. The molecule has 0 fully saturated rings. The van der Waals surface area contributed by atoms with E-state index in [1.165, 1.54) is 0 Å². The molecule has 0 spiro atoms. The molecule has 2 N–H and O–H groups in total. The fraction of sp³-hybridized carbons (Fsp3) is 0.429. The number of aryl methyl sites for hydroxylation is 2. The van der Waals surface area contributed by atoms with Gasteiger partial charge in [0, 0.05) is 19.2 Å². The molecule has 0 aliphatic carbocycles. The molecule has 0 unspecified atom stereocenters. The second-order valence-electron chi connectivity index (χ2n) is 2.50. The molecule has 0 aromatic carbocycles. The van der Waals surface area contributed by atoms with Crippen LogP contribution >= 0.6 is 12.2 Å². The van der Waals surface area contributed by atoms with Gasteiger partial charge in [0.05, 0.1) is 11.2 Å². The van der Waals surface area contributed by atoms with Crippen LogP contribution in [-0.2, 0) is 6.54 Å². The third-order valence-corrected chi connectivity index (χ3v) is 1.55. The van der Waals surface area contributed by atoms with Crippen molar-refractivity contribution in [1.82, 2.24) is 9.78 Å². The van der Waals surface area contributed by atoms with E-state index in [1.54, 1.807) is 0 Å². The molecule has 0 saturated heterocycles. The Morgan fingerprint density at radius 1 is 1.82 bits per heavy atom. The molecule has 0 atom stereocenters. The lowest BCUT2D eigenvalue weighted by molar-refractivity contribution is 0.635. The van der Waals surface area contributed by atoms with Crippen molar-refractivity contribution in [3.8, 4) is 0 Å². The summed E-state index contributed by atoms with van der Waals surface area (Å²) in [6, 6.07) is 0. The van der Waals surface area contributed by atoms with Crippen LogP contribution in [0.4, 0.5) is 0 Å². The third-order valence-electron chi connectivity index (χ3n) is 1.35. The van der Waals surface area contributed by atoms with Gasteiger partial charge in [-0.1, -0.05) is 12.2 Å². The maximum atomic E-state index is 5.34. The summed E-state index contributed by atoms with van der Waals surface area (Å²) in [6.45, 7) is 2.79. The summed E-state index contributed by atoms with van der Waals surface area (Å²) in [5, 5.41) is 4.09. The smallest absolute Gasteiger partial charge is 0.0745 e. The van der Waals surface area contributed by atoms with E-state index in [-0.39, 0.29) is 0 Å².